The van der Waals surface area contributed by atoms with Gasteiger partial charge in [-0.3, -0.25) is 9.69 Å². The standard InChI is InChI=1S/C28H33N5O2/c34-27(32-19-17-31(18-20-32)15-6-9-22-7-2-1-3-8-22)12-14-29-28(35)33-16-13-24-23-10-4-5-11-25(23)30-26(24)21-33/h1-11,30H,12-21H2,(H,29,35). The topological polar surface area (TPSA) is 71.7 Å². The summed E-state index contributed by atoms with van der Waals surface area (Å²) < 4.78 is 0. The Kier molecular flexibility index (Phi) is 7.14. The van der Waals surface area contributed by atoms with Crippen LogP contribution in [0.1, 0.15) is 23.2 Å². The van der Waals surface area contributed by atoms with E-state index < -0.39 is 0 Å². The van der Waals surface area contributed by atoms with Crippen LogP contribution in [0.3, 0.4) is 0 Å². The van der Waals surface area contributed by atoms with Crippen molar-refractivity contribution in [3.8, 4) is 0 Å². The van der Waals surface area contributed by atoms with Crippen molar-refractivity contribution >= 4 is 28.9 Å². The molecule has 182 valence electrons. The maximum Gasteiger partial charge on any atom is 0.317 e. The molecule has 0 bridgehead atoms. The number of nitrogens with zero attached hydrogens (tertiary/aromatic N) is 3. The highest BCUT2D eigenvalue weighted by atomic mass is 16.2. The number of para-hydroxylation sites is 1. The Labute approximate surface area is 206 Å². The molecule has 0 radical (unpaired) electrons. The first kappa shape index (κ1) is 23.2. The lowest BCUT2D eigenvalue weighted by molar-refractivity contribution is -0.132. The number of urea groups is 1. The molecule has 5 rings (SSSR count). The number of carbonyl (C=O) groups excluding carboxylic acids is 2. The molecule has 3 aromatic rings. The Morgan fingerprint density at radius 3 is 2.51 bits per heavy atom. The van der Waals surface area contributed by atoms with Crippen LogP contribution in [-0.2, 0) is 17.8 Å². The Bertz CT molecular complexity index is 1190. The van der Waals surface area contributed by atoms with E-state index in [1.54, 1.807) is 0 Å². The maximum absolute atomic E-state index is 12.7. The second kappa shape index (κ2) is 10.8. The zero-order valence-electron chi connectivity index (χ0n) is 20.1. The Morgan fingerprint density at radius 2 is 1.69 bits per heavy atom. The van der Waals surface area contributed by atoms with Gasteiger partial charge in [-0.1, -0.05) is 60.7 Å². The monoisotopic (exact) mass is 471 g/mol. The van der Waals surface area contributed by atoms with E-state index in [1.807, 2.05) is 34.1 Å². The number of hydrogen-bond acceptors (Lipinski definition) is 3. The quantitative estimate of drug-likeness (QED) is 0.578. The molecule has 0 atom stereocenters. The number of amides is 3. The summed E-state index contributed by atoms with van der Waals surface area (Å²) in [6.45, 7) is 5.74. The average Bonchev–Trinajstić information content (AvgIpc) is 3.27. The smallest absolute Gasteiger partial charge is 0.317 e. The van der Waals surface area contributed by atoms with Crippen molar-refractivity contribution in [1.29, 1.82) is 0 Å². The number of piperazine rings is 1. The van der Waals surface area contributed by atoms with Crippen LogP contribution < -0.4 is 5.32 Å². The first-order valence-corrected chi connectivity index (χ1v) is 12.5. The molecule has 0 aliphatic carbocycles. The molecule has 1 aromatic heterocycles. The third-order valence-electron chi connectivity index (χ3n) is 6.98. The van der Waals surface area contributed by atoms with Gasteiger partial charge in [-0.25, -0.2) is 4.79 Å². The zero-order chi connectivity index (χ0) is 24.0. The van der Waals surface area contributed by atoms with Crippen molar-refractivity contribution in [2.24, 2.45) is 0 Å². The number of aromatic nitrogens is 1. The van der Waals surface area contributed by atoms with Gasteiger partial charge < -0.3 is 20.1 Å². The Balaban J connectivity index is 1.02. The largest absolute Gasteiger partial charge is 0.357 e. The van der Waals surface area contributed by atoms with E-state index in [9.17, 15) is 9.59 Å². The molecule has 1 fully saturated rings. The van der Waals surface area contributed by atoms with Gasteiger partial charge in [0.15, 0.2) is 0 Å². The summed E-state index contributed by atoms with van der Waals surface area (Å²) in [5.74, 6) is 0.112. The average molecular weight is 472 g/mol. The molecule has 0 saturated carbocycles. The number of H-pyrrole nitrogens is 1. The van der Waals surface area contributed by atoms with E-state index in [2.05, 4.69) is 57.7 Å². The summed E-state index contributed by atoms with van der Waals surface area (Å²) in [5, 5.41) is 4.20. The first-order chi connectivity index (χ1) is 17.2. The van der Waals surface area contributed by atoms with Gasteiger partial charge in [0.1, 0.15) is 0 Å². The first-order valence-electron chi connectivity index (χ1n) is 12.5. The lowest BCUT2D eigenvalue weighted by atomic mass is 10.0. The number of aromatic amines is 1. The van der Waals surface area contributed by atoms with Crippen molar-refractivity contribution in [2.75, 3.05) is 45.8 Å². The lowest BCUT2D eigenvalue weighted by Gasteiger charge is -2.34. The highest BCUT2D eigenvalue weighted by molar-refractivity contribution is 5.85. The molecule has 2 aliphatic heterocycles. The summed E-state index contributed by atoms with van der Waals surface area (Å²) in [6.07, 6.45) is 5.50. The summed E-state index contributed by atoms with van der Waals surface area (Å²) in [5.41, 5.74) is 4.75. The lowest BCUT2D eigenvalue weighted by Crippen LogP contribution is -2.49. The summed E-state index contributed by atoms with van der Waals surface area (Å²) in [7, 11) is 0. The summed E-state index contributed by atoms with van der Waals surface area (Å²) in [6, 6.07) is 18.5. The minimum atomic E-state index is -0.0999. The summed E-state index contributed by atoms with van der Waals surface area (Å²) in [4.78, 5) is 34.9. The van der Waals surface area contributed by atoms with Crippen LogP contribution in [0.2, 0.25) is 0 Å². The molecule has 3 heterocycles. The van der Waals surface area contributed by atoms with E-state index in [1.165, 1.54) is 16.5 Å². The highest BCUT2D eigenvalue weighted by Crippen LogP contribution is 2.27. The van der Waals surface area contributed by atoms with Crippen LogP contribution in [0.25, 0.3) is 17.0 Å². The van der Waals surface area contributed by atoms with Gasteiger partial charge in [0, 0.05) is 68.8 Å². The fraction of sp³-hybridized carbons (Fsp3) is 0.357. The van der Waals surface area contributed by atoms with Crippen molar-refractivity contribution in [2.45, 2.75) is 19.4 Å². The number of hydrogen-bond donors (Lipinski definition) is 2. The molecule has 2 aromatic carbocycles. The second-order valence-corrected chi connectivity index (χ2v) is 9.28. The molecular weight excluding hydrogens is 438 g/mol. The summed E-state index contributed by atoms with van der Waals surface area (Å²) >= 11 is 0. The van der Waals surface area contributed by atoms with E-state index in [-0.39, 0.29) is 11.9 Å². The third-order valence-corrected chi connectivity index (χ3v) is 6.98. The zero-order valence-corrected chi connectivity index (χ0v) is 20.1. The van der Waals surface area contributed by atoms with E-state index in [4.69, 9.17) is 0 Å². The fourth-order valence-corrected chi connectivity index (χ4v) is 4.99. The SMILES string of the molecule is O=C(CCNC(=O)N1CCc2c([nH]c3ccccc23)C1)N1CCN(CC=Cc2ccccc2)CC1. The van der Waals surface area contributed by atoms with Gasteiger partial charge in [0.2, 0.25) is 5.91 Å². The fourth-order valence-electron chi connectivity index (χ4n) is 4.99. The number of rotatable bonds is 6. The molecule has 3 amide bonds. The van der Waals surface area contributed by atoms with Gasteiger partial charge in [0.25, 0.3) is 0 Å². The molecule has 0 spiro atoms. The van der Waals surface area contributed by atoms with E-state index in [0.29, 0.717) is 26.1 Å². The molecule has 2 aliphatic rings. The van der Waals surface area contributed by atoms with Crippen LogP contribution in [0.5, 0.6) is 0 Å². The predicted molar refractivity (Wildman–Crippen MR) is 139 cm³/mol. The van der Waals surface area contributed by atoms with Gasteiger partial charge in [0.05, 0.1) is 6.54 Å². The van der Waals surface area contributed by atoms with Gasteiger partial charge in [-0.2, -0.15) is 0 Å². The van der Waals surface area contributed by atoms with Crippen molar-refractivity contribution < 1.29 is 9.59 Å². The van der Waals surface area contributed by atoms with Crippen LogP contribution in [0.15, 0.2) is 60.7 Å². The Hall–Kier alpha value is -3.58. The molecule has 35 heavy (non-hydrogen) atoms. The molecule has 1 saturated heterocycles. The van der Waals surface area contributed by atoms with Crippen molar-refractivity contribution in [3.05, 3.63) is 77.5 Å². The van der Waals surface area contributed by atoms with Crippen LogP contribution in [0, 0.1) is 0 Å². The van der Waals surface area contributed by atoms with Crippen LogP contribution in [0.4, 0.5) is 4.79 Å². The van der Waals surface area contributed by atoms with Crippen LogP contribution >= 0.6 is 0 Å². The highest BCUT2D eigenvalue weighted by Gasteiger charge is 2.24. The molecule has 0 unspecified atom stereocenters. The number of fused-ring (bicyclic) bond motifs is 3. The number of benzene rings is 2. The minimum Gasteiger partial charge on any atom is -0.357 e. The predicted octanol–water partition coefficient (Wildman–Crippen LogP) is 3.48. The van der Waals surface area contributed by atoms with Crippen molar-refractivity contribution in [3.63, 3.8) is 0 Å². The normalized spacial score (nSPS) is 16.6. The number of nitrogens with one attached hydrogen (secondary N) is 2. The van der Waals surface area contributed by atoms with Gasteiger partial charge >= 0.3 is 6.03 Å². The second-order valence-electron chi connectivity index (χ2n) is 9.28. The molecule has 7 nitrogen and oxygen atoms in total. The minimum absolute atomic E-state index is 0.0999. The van der Waals surface area contributed by atoms with Gasteiger partial charge in [-0.15, -0.1) is 0 Å². The van der Waals surface area contributed by atoms with Crippen molar-refractivity contribution in [1.82, 2.24) is 25.0 Å². The van der Waals surface area contributed by atoms with Crippen LogP contribution in [-0.4, -0.2) is 77.4 Å². The molecular formula is C28H33N5O2. The van der Waals surface area contributed by atoms with E-state index >= 15 is 0 Å². The van der Waals surface area contributed by atoms with Gasteiger partial charge in [-0.05, 0) is 23.6 Å². The maximum atomic E-state index is 12.7. The third kappa shape index (κ3) is 5.57. The Morgan fingerprint density at radius 1 is 0.914 bits per heavy atom. The molecule has 7 heteroatoms. The number of carbonyl (C=O) groups is 2. The molecule has 2 N–H and O–H groups in total. The van der Waals surface area contributed by atoms with E-state index in [0.717, 1.165) is 50.4 Å².